The van der Waals surface area contributed by atoms with E-state index in [0.717, 1.165) is 12.0 Å². The van der Waals surface area contributed by atoms with Crippen molar-refractivity contribution in [2.24, 2.45) is 0 Å². The minimum atomic E-state index is 0.252. The molecule has 0 aliphatic heterocycles. The van der Waals surface area contributed by atoms with Crippen LogP contribution in [0.1, 0.15) is 37.0 Å². The van der Waals surface area contributed by atoms with Crippen LogP contribution in [0.25, 0.3) is 0 Å². The van der Waals surface area contributed by atoms with Crippen molar-refractivity contribution in [2.45, 2.75) is 40.5 Å². The Morgan fingerprint density at radius 1 is 1.25 bits per heavy atom. The number of Topliss-reactive ketones (excluding diaryl/α,β-unsaturated/α-hetero) is 1. The third-order valence-electron chi connectivity index (χ3n) is 3.07. The number of benzene rings is 1. The van der Waals surface area contributed by atoms with Gasteiger partial charge in [0.2, 0.25) is 0 Å². The van der Waals surface area contributed by atoms with Crippen LogP contribution >= 0.6 is 0 Å². The summed E-state index contributed by atoms with van der Waals surface area (Å²) in [4.78, 5) is 12.0. The van der Waals surface area contributed by atoms with Crippen molar-refractivity contribution in [3.63, 3.8) is 0 Å². The van der Waals surface area contributed by atoms with Crippen LogP contribution in [0.2, 0.25) is 0 Å². The summed E-state index contributed by atoms with van der Waals surface area (Å²) in [7, 11) is 0. The molecule has 0 aromatic heterocycles. The Morgan fingerprint density at radius 2 is 1.81 bits per heavy atom. The van der Waals surface area contributed by atoms with E-state index in [-0.39, 0.29) is 5.78 Å². The third kappa shape index (κ3) is 2.82. The number of aryl methyl sites for hydroxylation is 2. The van der Waals surface area contributed by atoms with Crippen molar-refractivity contribution in [1.82, 2.24) is 0 Å². The minimum Gasteiger partial charge on any atom is -0.294 e. The van der Waals surface area contributed by atoms with Crippen LogP contribution in [0, 0.1) is 13.8 Å². The molecule has 1 aromatic rings. The Morgan fingerprint density at radius 3 is 2.25 bits per heavy atom. The molecular weight excluding hydrogens is 196 g/mol. The van der Waals surface area contributed by atoms with Gasteiger partial charge in [0.1, 0.15) is 0 Å². The summed E-state index contributed by atoms with van der Waals surface area (Å²) in [6.07, 6.45) is 3.28. The first-order valence-electron chi connectivity index (χ1n) is 5.83. The minimum absolute atomic E-state index is 0.252. The fraction of sp³-hybridized carbons (Fsp3) is 0.400. The van der Waals surface area contributed by atoms with E-state index in [4.69, 9.17) is 0 Å². The number of hydrogen-bond acceptors (Lipinski definition) is 1. The highest BCUT2D eigenvalue weighted by molar-refractivity contribution is 5.96. The second-order valence-corrected chi connectivity index (χ2v) is 4.14. The molecule has 0 fully saturated rings. The zero-order valence-corrected chi connectivity index (χ0v) is 10.6. The molecule has 1 heteroatoms. The number of ketones is 1. The van der Waals surface area contributed by atoms with Crippen molar-refractivity contribution in [3.8, 4) is 0 Å². The maximum Gasteiger partial charge on any atom is 0.162 e. The van der Waals surface area contributed by atoms with Crippen molar-refractivity contribution < 1.29 is 4.79 Å². The number of rotatable bonds is 4. The lowest BCUT2D eigenvalue weighted by Gasteiger charge is -2.09. The molecule has 1 aromatic carbocycles. The molecule has 1 nitrogen and oxygen atoms in total. The van der Waals surface area contributed by atoms with E-state index in [1.54, 1.807) is 0 Å². The Labute approximate surface area is 98.2 Å². The van der Waals surface area contributed by atoms with Crippen LogP contribution < -0.4 is 0 Å². The van der Waals surface area contributed by atoms with Crippen LogP contribution in [0.4, 0.5) is 0 Å². The fourth-order valence-electron chi connectivity index (χ4n) is 1.96. The molecule has 0 spiro atoms. The maximum atomic E-state index is 12.0. The summed E-state index contributed by atoms with van der Waals surface area (Å²) in [5.41, 5.74) is 4.53. The highest BCUT2D eigenvalue weighted by Crippen LogP contribution is 2.16. The molecule has 0 bridgehead atoms. The number of hydrogen-bond donors (Lipinski definition) is 0. The Bertz CT molecular complexity index is 393. The Balaban J connectivity index is 2.93. The summed E-state index contributed by atoms with van der Waals surface area (Å²) in [5, 5.41) is 0. The molecular formula is C15H20O. The fourth-order valence-corrected chi connectivity index (χ4v) is 1.96. The van der Waals surface area contributed by atoms with E-state index < -0.39 is 0 Å². The van der Waals surface area contributed by atoms with Gasteiger partial charge in [-0.3, -0.25) is 4.79 Å². The zero-order chi connectivity index (χ0) is 12.1. The summed E-state index contributed by atoms with van der Waals surface area (Å²) in [6.45, 7) is 8.09. The molecule has 0 radical (unpaired) electrons. The number of allylic oxidation sites excluding steroid dienone is 2. The first-order chi connectivity index (χ1) is 7.60. The summed E-state index contributed by atoms with van der Waals surface area (Å²) in [5.74, 6) is 0.252. The molecule has 1 rings (SSSR count). The van der Waals surface area contributed by atoms with Gasteiger partial charge in [0.05, 0.1) is 0 Å². The standard InChI is InChI=1S/C15H20O/c1-5-13(6-2)15(16)10-14-11(3)8-7-9-12(14)4/h5,7-9H,6,10H2,1-4H3/b13-5-. The van der Waals surface area contributed by atoms with Gasteiger partial charge in [-0.1, -0.05) is 31.2 Å². The lowest BCUT2D eigenvalue weighted by Crippen LogP contribution is -2.08. The largest absolute Gasteiger partial charge is 0.294 e. The Kier molecular flexibility index (Phi) is 4.48. The van der Waals surface area contributed by atoms with Crippen LogP contribution in [-0.4, -0.2) is 5.78 Å². The van der Waals surface area contributed by atoms with Crippen molar-refractivity contribution in [1.29, 1.82) is 0 Å². The second-order valence-electron chi connectivity index (χ2n) is 4.14. The van der Waals surface area contributed by atoms with Crippen LogP contribution in [0.5, 0.6) is 0 Å². The van der Waals surface area contributed by atoms with Gasteiger partial charge in [0.25, 0.3) is 0 Å². The third-order valence-corrected chi connectivity index (χ3v) is 3.07. The molecule has 0 heterocycles. The monoisotopic (exact) mass is 216 g/mol. The number of carbonyl (C=O) groups excluding carboxylic acids is 1. The van der Waals surface area contributed by atoms with Gasteiger partial charge in [-0.15, -0.1) is 0 Å². The van der Waals surface area contributed by atoms with Gasteiger partial charge in [0, 0.05) is 6.42 Å². The zero-order valence-electron chi connectivity index (χ0n) is 10.6. The highest BCUT2D eigenvalue weighted by Gasteiger charge is 2.10. The lowest BCUT2D eigenvalue weighted by molar-refractivity contribution is -0.115. The van der Waals surface area contributed by atoms with Crippen molar-refractivity contribution >= 4 is 5.78 Å². The SMILES string of the molecule is C/C=C(/CC)C(=O)Cc1c(C)cccc1C. The molecule has 0 atom stereocenters. The van der Waals surface area contributed by atoms with E-state index in [1.807, 2.05) is 26.0 Å². The molecule has 0 aliphatic rings. The highest BCUT2D eigenvalue weighted by atomic mass is 16.1. The lowest BCUT2D eigenvalue weighted by atomic mass is 9.95. The molecule has 0 amide bonds. The Hall–Kier alpha value is -1.37. The molecule has 0 saturated carbocycles. The van der Waals surface area contributed by atoms with Crippen LogP contribution in [-0.2, 0) is 11.2 Å². The summed E-state index contributed by atoms with van der Waals surface area (Å²) >= 11 is 0. The predicted molar refractivity (Wildman–Crippen MR) is 68.7 cm³/mol. The molecule has 16 heavy (non-hydrogen) atoms. The first-order valence-corrected chi connectivity index (χ1v) is 5.83. The maximum absolute atomic E-state index is 12.0. The van der Waals surface area contributed by atoms with E-state index in [9.17, 15) is 4.79 Å². The van der Waals surface area contributed by atoms with E-state index in [1.165, 1.54) is 16.7 Å². The van der Waals surface area contributed by atoms with Gasteiger partial charge in [-0.25, -0.2) is 0 Å². The van der Waals surface area contributed by atoms with Gasteiger partial charge >= 0.3 is 0 Å². The molecule has 0 aliphatic carbocycles. The topological polar surface area (TPSA) is 17.1 Å². The van der Waals surface area contributed by atoms with E-state index in [2.05, 4.69) is 26.0 Å². The van der Waals surface area contributed by atoms with Gasteiger partial charge in [-0.05, 0) is 49.5 Å². The van der Waals surface area contributed by atoms with E-state index >= 15 is 0 Å². The van der Waals surface area contributed by atoms with Gasteiger partial charge in [0.15, 0.2) is 5.78 Å². The average Bonchev–Trinajstić information content (AvgIpc) is 2.25. The smallest absolute Gasteiger partial charge is 0.162 e. The quantitative estimate of drug-likeness (QED) is 0.700. The molecule has 0 unspecified atom stereocenters. The van der Waals surface area contributed by atoms with Crippen molar-refractivity contribution in [3.05, 3.63) is 46.5 Å². The molecule has 0 N–H and O–H groups in total. The molecule has 86 valence electrons. The van der Waals surface area contributed by atoms with Gasteiger partial charge < -0.3 is 0 Å². The molecule has 0 saturated heterocycles. The average molecular weight is 216 g/mol. The van der Waals surface area contributed by atoms with Crippen LogP contribution in [0.3, 0.4) is 0 Å². The summed E-state index contributed by atoms with van der Waals surface area (Å²) in [6, 6.07) is 6.17. The first kappa shape index (κ1) is 12.7. The predicted octanol–water partition coefficient (Wildman–Crippen LogP) is 3.77. The van der Waals surface area contributed by atoms with Crippen molar-refractivity contribution in [2.75, 3.05) is 0 Å². The number of carbonyl (C=O) groups is 1. The van der Waals surface area contributed by atoms with Crippen LogP contribution in [0.15, 0.2) is 29.8 Å². The van der Waals surface area contributed by atoms with Gasteiger partial charge in [-0.2, -0.15) is 0 Å². The normalized spacial score (nSPS) is 11.6. The summed E-state index contributed by atoms with van der Waals surface area (Å²) < 4.78 is 0. The second kappa shape index (κ2) is 5.64. The van der Waals surface area contributed by atoms with E-state index in [0.29, 0.717) is 6.42 Å².